The molecule has 0 aliphatic carbocycles. The van der Waals surface area contributed by atoms with E-state index >= 15 is 0 Å². The second-order valence-corrected chi connectivity index (χ2v) is 4.60. The van der Waals surface area contributed by atoms with E-state index in [1.165, 1.54) is 14.2 Å². The van der Waals surface area contributed by atoms with Crippen LogP contribution in [0.4, 0.5) is 5.69 Å². The molecule has 1 aromatic rings. The van der Waals surface area contributed by atoms with Crippen LogP contribution in [0.25, 0.3) is 0 Å². The third-order valence-electron chi connectivity index (χ3n) is 2.76. The Morgan fingerprint density at radius 1 is 1.21 bits per heavy atom. The van der Waals surface area contributed by atoms with Crippen LogP contribution in [0, 0.1) is 0 Å². The number of hydrogen-bond donors (Lipinski definition) is 1. The van der Waals surface area contributed by atoms with Crippen LogP contribution in [0.3, 0.4) is 0 Å². The molecule has 19 heavy (non-hydrogen) atoms. The van der Waals surface area contributed by atoms with Crippen molar-refractivity contribution in [3.05, 3.63) is 17.2 Å². The Morgan fingerprint density at radius 2 is 1.89 bits per heavy atom. The van der Waals surface area contributed by atoms with E-state index in [-0.39, 0.29) is 5.91 Å². The van der Waals surface area contributed by atoms with Crippen LogP contribution >= 0.6 is 11.6 Å². The van der Waals surface area contributed by atoms with Gasteiger partial charge in [0, 0.05) is 12.5 Å². The smallest absolute Gasteiger partial charge is 0.224 e. The highest BCUT2D eigenvalue weighted by molar-refractivity contribution is 6.32. The van der Waals surface area contributed by atoms with Crippen molar-refractivity contribution in [1.29, 1.82) is 0 Å². The number of methoxy groups -OCH3 is 2. The number of nitrogens with one attached hydrogen (secondary N) is 1. The van der Waals surface area contributed by atoms with Crippen LogP contribution in [-0.2, 0) is 4.79 Å². The van der Waals surface area contributed by atoms with Gasteiger partial charge in [0.2, 0.25) is 5.91 Å². The summed E-state index contributed by atoms with van der Waals surface area (Å²) in [5, 5.41) is 3.25. The third-order valence-corrected chi connectivity index (χ3v) is 3.05. The van der Waals surface area contributed by atoms with Crippen molar-refractivity contribution in [2.45, 2.75) is 32.6 Å². The molecular formula is C14H20ClNO3. The predicted octanol–water partition coefficient (Wildman–Crippen LogP) is 3.88. The Kier molecular flexibility index (Phi) is 6.50. The quantitative estimate of drug-likeness (QED) is 0.774. The maximum absolute atomic E-state index is 11.8. The molecule has 0 fully saturated rings. The minimum Gasteiger partial charge on any atom is -0.495 e. The highest BCUT2D eigenvalue weighted by Gasteiger charge is 2.12. The van der Waals surface area contributed by atoms with Crippen molar-refractivity contribution in [2.75, 3.05) is 19.5 Å². The predicted molar refractivity (Wildman–Crippen MR) is 77.3 cm³/mol. The summed E-state index contributed by atoms with van der Waals surface area (Å²) in [5.41, 5.74) is 0.565. The average molecular weight is 286 g/mol. The molecule has 1 amide bonds. The van der Waals surface area contributed by atoms with E-state index in [1.54, 1.807) is 12.1 Å². The highest BCUT2D eigenvalue weighted by Crippen LogP contribution is 2.35. The van der Waals surface area contributed by atoms with Crippen molar-refractivity contribution in [1.82, 2.24) is 0 Å². The zero-order valence-electron chi connectivity index (χ0n) is 11.6. The molecule has 0 spiro atoms. The number of carbonyl (C=O) groups excluding carboxylic acids is 1. The summed E-state index contributed by atoms with van der Waals surface area (Å²) in [6.45, 7) is 2.10. The lowest BCUT2D eigenvalue weighted by molar-refractivity contribution is -0.116. The van der Waals surface area contributed by atoms with Gasteiger partial charge in [-0.2, -0.15) is 0 Å². The van der Waals surface area contributed by atoms with E-state index < -0.39 is 0 Å². The third kappa shape index (κ3) is 4.63. The lowest BCUT2D eigenvalue weighted by Gasteiger charge is -2.13. The molecule has 0 aliphatic heterocycles. The van der Waals surface area contributed by atoms with Crippen molar-refractivity contribution in [2.24, 2.45) is 0 Å². The number of unbranched alkanes of at least 4 members (excludes halogenated alkanes) is 2. The summed E-state index contributed by atoms with van der Waals surface area (Å²) >= 11 is 6.04. The second-order valence-electron chi connectivity index (χ2n) is 4.19. The number of carbonyl (C=O) groups is 1. The normalized spacial score (nSPS) is 10.1. The summed E-state index contributed by atoms with van der Waals surface area (Å²) in [5.74, 6) is 1.01. The van der Waals surface area contributed by atoms with Crippen molar-refractivity contribution in [3.63, 3.8) is 0 Å². The summed E-state index contributed by atoms with van der Waals surface area (Å²) in [6, 6.07) is 3.29. The summed E-state index contributed by atoms with van der Waals surface area (Å²) in [7, 11) is 3.07. The highest BCUT2D eigenvalue weighted by atomic mass is 35.5. The molecule has 0 radical (unpaired) electrons. The first-order valence-corrected chi connectivity index (χ1v) is 6.71. The first-order chi connectivity index (χ1) is 9.12. The molecule has 1 rings (SSSR count). The summed E-state index contributed by atoms with van der Waals surface area (Å²) in [6.07, 6.45) is 3.52. The Bertz CT molecular complexity index is 435. The summed E-state index contributed by atoms with van der Waals surface area (Å²) < 4.78 is 10.3. The Labute approximate surface area is 119 Å². The van der Waals surface area contributed by atoms with Gasteiger partial charge in [-0.1, -0.05) is 31.4 Å². The maximum atomic E-state index is 11.8. The molecule has 0 heterocycles. The average Bonchev–Trinajstić information content (AvgIpc) is 2.39. The molecule has 5 heteroatoms. The van der Waals surface area contributed by atoms with Crippen molar-refractivity contribution >= 4 is 23.2 Å². The topological polar surface area (TPSA) is 47.6 Å². The van der Waals surface area contributed by atoms with Gasteiger partial charge in [-0.3, -0.25) is 4.79 Å². The maximum Gasteiger partial charge on any atom is 0.224 e. The number of rotatable bonds is 7. The number of ether oxygens (including phenoxy) is 2. The molecule has 0 aliphatic rings. The summed E-state index contributed by atoms with van der Waals surface area (Å²) in [4.78, 5) is 11.8. The van der Waals surface area contributed by atoms with Crippen molar-refractivity contribution in [3.8, 4) is 11.5 Å². The lowest BCUT2D eigenvalue weighted by Crippen LogP contribution is -2.12. The SMILES string of the molecule is CCCCCC(=O)Nc1cc(Cl)c(OC)cc1OC. The van der Waals surface area contributed by atoms with Gasteiger partial charge in [-0.25, -0.2) is 0 Å². The fourth-order valence-electron chi connectivity index (χ4n) is 1.71. The van der Waals surface area contributed by atoms with Crippen LogP contribution in [-0.4, -0.2) is 20.1 Å². The van der Waals surface area contributed by atoms with Gasteiger partial charge in [0.15, 0.2) is 0 Å². The number of benzene rings is 1. The fraction of sp³-hybridized carbons (Fsp3) is 0.500. The van der Waals surface area contributed by atoms with Gasteiger partial charge in [0.25, 0.3) is 0 Å². The van der Waals surface area contributed by atoms with Crippen LogP contribution in [0.5, 0.6) is 11.5 Å². The second kappa shape index (κ2) is 7.89. The monoisotopic (exact) mass is 285 g/mol. The van der Waals surface area contributed by atoms with Gasteiger partial charge in [-0.15, -0.1) is 0 Å². The molecule has 4 nitrogen and oxygen atoms in total. The van der Waals surface area contributed by atoms with Gasteiger partial charge >= 0.3 is 0 Å². The lowest BCUT2D eigenvalue weighted by atomic mass is 10.2. The molecule has 0 saturated carbocycles. The molecule has 106 valence electrons. The first-order valence-electron chi connectivity index (χ1n) is 6.33. The molecule has 0 saturated heterocycles. The van der Waals surface area contributed by atoms with Gasteiger partial charge in [0.1, 0.15) is 11.5 Å². The van der Waals surface area contributed by atoms with Crippen LogP contribution in [0.15, 0.2) is 12.1 Å². The van der Waals surface area contributed by atoms with E-state index in [0.717, 1.165) is 19.3 Å². The van der Waals surface area contributed by atoms with Crippen LogP contribution in [0.2, 0.25) is 5.02 Å². The van der Waals surface area contributed by atoms with E-state index in [1.807, 2.05) is 0 Å². The van der Waals surface area contributed by atoms with Crippen LogP contribution < -0.4 is 14.8 Å². The van der Waals surface area contributed by atoms with Gasteiger partial charge < -0.3 is 14.8 Å². The molecule has 0 atom stereocenters. The Hall–Kier alpha value is -1.42. The van der Waals surface area contributed by atoms with E-state index in [4.69, 9.17) is 21.1 Å². The number of amides is 1. The first kappa shape index (κ1) is 15.6. The number of anilines is 1. The largest absolute Gasteiger partial charge is 0.495 e. The zero-order chi connectivity index (χ0) is 14.3. The number of hydrogen-bond acceptors (Lipinski definition) is 3. The minimum atomic E-state index is -0.0343. The molecule has 1 aromatic carbocycles. The molecule has 1 N–H and O–H groups in total. The molecule has 0 unspecified atom stereocenters. The Morgan fingerprint density at radius 3 is 2.47 bits per heavy atom. The standard InChI is InChI=1S/C14H20ClNO3/c1-4-5-6-7-14(17)16-11-8-10(15)12(18-2)9-13(11)19-3/h8-9H,4-7H2,1-3H3,(H,16,17). The van der Waals surface area contributed by atoms with Gasteiger partial charge in [-0.05, 0) is 12.5 Å². The Balaban J connectivity index is 2.76. The number of halogens is 1. The van der Waals surface area contributed by atoms with Gasteiger partial charge in [0.05, 0.1) is 24.9 Å². The fourth-order valence-corrected chi connectivity index (χ4v) is 1.95. The molecular weight excluding hydrogens is 266 g/mol. The van der Waals surface area contributed by atoms with Crippen LogP contribution in [0.1, 0.15) is 32.6 Å². The minimum absolute atomic E-state index is 0.0343. The molecule has 0 bridgehead atoms. The van der Waals surface area contributed by atoms with Crippen molar-refractivity contribution < 1.29 is 14.3 Å². The van der Waals surface area contributed by atoms with E-state index in [2.05, 4.69) is 12.2 Å². The van der Waals surface area contributed by atoms with E-state index in [0.29, 0.717) is 28.6 Å². The zero-order valence-corrected chi connectivity index (χ0v) is 12.3. The van der Waals surface area contributed by atoms with E-state index in [9.17, 15) is 4.79 Å². The molecule has 0 aromatic heterocycles.